The maximum absolute atomic E-state index is 12.5. The van der Waals surface area contributed by atoms with Crippen LogP contribution in [0.15, 0.2) is 60.8 Å². The van der Waals surface area contributed by atoms with Gasteiger partial charge in [-0.05, 0) is 48.7 Å². The summed E-state index contributed by atoms with van der Waals surface area (Å²) in [5.41, 5.74) is 7.34. The number of rotatable bonds is 2. The van der Waals surface area contributed by atoms with Crippen molar-refractivity contribution in [3.05, 3.63) is 83.2 Å². The van der Waals surface area contributed by atoms with Crippen molar-refractivity contribution in [3.63, 3.8) is 0 Å². The largest absolute Gasteiger partial charge is 0.327 e. The Morgan fingerprint density at radius 2 is 1.72 bits per heavy atom. The first-order valence-corrected chi connectivity index (χ1v) is 8.32. The van der Waals surface area contributed by atoms with E-state index < -0.39 is 0 Å². The molecule has 0 saturated carbocycles. The minimum absolute atomic E-state index is 0.190. The molecule has 0 bridgehead atoms. The summed E-state index contributed by atoms with van der Waals surface area (Å²) in [7, 11) is 0. The van der Waals surface area contributed by atoms with E-state index >= 15 is 0 Å². The number of carbonyl (C=O) groups is 1. The van der Waals surface area contributed by atoms with E-state index in [1.54, 1.807) is 0 Å². The summed E-state index contributed by atoms with van der Waals surface area (Å²) in [5, 5.41) is 5.98. The Hall–Kier alpha value is -3.14. The van der Waals surface area contributed by atoms with Gasteiger partial charge in [-0.1, -0.05) is 42.0 Å². The van der Waals surface area contributed by atoms with Gasteiger partial charge >= 0.3 is 6.03 Å². The standard InChI is InChI=1S/C21H19N3O/c1-13-7-9-15(10-8-13)23-21(25)24-20-17-6-4-3-5-16(17)18-11-14(2)22-12-19(18)20/h3-12,20H,1-2H3,(H2,23,24,25)/t20-/m0/s1. The van der Waals surface area contributed by atoms with E-state index in [4.69, 9.17) is 0 Å². The average molecular weight is 329 g/mol. The van der Waals surface area contributed by atoms with Crippen LogP contribution < -0.4 is 10.6 Å². The molecule has 1 aliphatic carbocycles. The van der Waals surface area contributed by atoms with Crippen molar-refractivity contribution < 1.29 is 4.79 Å². The van der Waals surface area contributed by atoms with Crippen molar-refractivity contribution in [1.82, 2.24) is 10.3 Å². The lowest BCUT2D eigenvalue weighted by atomic mass is 10.1. The van der Waals surface area contributed by atoms with Crippen LogP contribution in [0.3, 0.4) is 0 Å². The van der Waals surface area contributed by atoms with Gasteiger partial charge < -0.3 is 10.6 Å². The number of aromatic nitrogens is 1. The summed E-state index contributed by atoms with van der Waals surface area (Å²) < 4.78 is 0. The van der Waals surface area contributed by atoms with Gasteiger partial charge in [-0.25, -0.2) is 4.79 Å². The van der Waals surface area contributed by atoms with Gasteiger partial charge in [0.05, 0.1) is 6.04 Å². The number of nitrogens with zero attached hydrogens (tertiary/aromatic N) is 1. The third-order valence-electron chi connectivity index (χ3n) is 4.53. The van der Waals surface area contributed by atoms with Gasteiger partial charge in [-0.15, -0.1) is 0 Å². The highest BCUT2D eigenvalue weighted by Gasteiger charge is 2.30. The van der Waals surface area contributed by atoms with E-state index in [1.165, 1.54) is 0 Å². The van der Waals surface area contributed by atoms with E-state index in [-0.39, 0.29) is 12.1 Å². The number of benzene rings is 2. The lowest BCUT2D eigenvalue weighted by molar-refractivity contribution is 0.250. The van der Waals surface area contributed by atoms with E-state index in [9.17, 15) is 4.79 Å². The van der Waals surface area contributed by atoms with Crippen LogP contribution in [-0.2, 0) is 0 Å². The molecule has 4 nitrogen and oxygen atoms in total. The number of nitrogens with one attached hydrogen (secondary N) is 2. The Bertz CT molecular complexity index is 948. The quantitative estimate of drug-likeness (QED) is 0.722. The Balaban J connectivity index is 1.62. The number of fused-ring (bicyclic) bond motifs is 3. The first-order chi connectivity index (χ1) is 12.1. The molecule has 0 fully saturated rings. The summed E-state index contributed by atoms with van der Waals surface area (Å²) >= 11 is 0. The second-order valence-electron chi connectivity index (χ2n) is 6.40. The third kappa shape index (κ3) is 2.87. The molecule has 0 saturated heterocycles. The van der Waals surface area contributed by atoms with E-state index in [1.807, 2.05) is 56.4 Å². The Morgan fingerprint density at radius 1 is 0.960 bits per heavy atom. The van der Waals surface area contributed by atoms with E-state index in [0.29, 0.717) is 0 Å². The fraction of sp³-hybridized carbons (Fsp3) is 0.143. The molecule has 0 spiro atoms. The van der Waals surface area contributed by atoms with Gasteiger partial charge in [-0.2, -0.15) is 0 Å². The predicted octanol–water partition coefficient (Wildman–Crippen LogP) is 4.59. The van der Waals surface area contributed by atoms with Gasteiger partial charge in [0, 0.05) is 23.1 Å². The van der Waals surface area contributed by atoms with Crippen LogP contribution >= 0.6 is 0 Å². The fourth-order valence-electron chi connectivity index (χ4n) is 3.29. The Kier molecular flexibility index (Phi) is 3.73. The summed E-state index contributed by atoms with van der Waals surface area (Å²) in [5.74, 6) is 0. The number of hydrogen-bond acceptors (Lipinski definition) is 2. The van der Waals surface area contributed by atoms with Crippen LogP contribution in [0.1, 0.15) is 28.4 Å². The van der Waals surface area contributed by atoms with Crippen molar-refractivity contribution in [1.29, 1.82) is 0 Å². The summed E-state index contributed by atoms with van der Waals surface area (Å²) in [6.45, 7) is 4.00. The molecular formula is C21H19N3O. The normalized spacial score (nSPS) is 14.6. The summed E-state index contributed by atoms with van der Waals surface area (Å²) in [6.07, 6.45) is 1.86. The lowest BCUT2D eigenvalue weighted by Crippen LogP contribution is -2.32. The van der Waals surface area contributed by atoms with Crippen LogP contribution in [0.5, 0.6) is 0 Å². The van der Waals surface area contributed by atoms with Crippen LogP contribution in [0, 0.1) is 13.8 Å². The maximum atomic E-state index is 12.5. The van der Waals surface area contributed by atoms with Gasteiger partial charge in [0.15, 0.2) is 0 Å². The highest BCUT2D eigenvalue weighted by atomic mass is 16.2. The molecule has 1 aliphatic rings. The first-order valence-electron chi connectivity index (χ1n) is 8.32. The number of urea groups is 1. The molecule has 1 aromatic heterocycles. The number of anilines is 1. The Morgan fingerprint density at radius 3 is 2.52 bits per heavy atom. The smallest absolute Gasteiger partial charge is 0.319 e. The minimum Gasteiger partial charge on any atom is -0.327 e. The fourth-order valence-corrected chi connectivity index (χ4v) is 3.29. The van der Waals surface area contributed by atoms with Crippen molar-refractivity contribution in [3.8, 4) is 11.1 Å². The van der Waals surface area contributed by atoms with Gasteiger partial charge in [-0.3, -0.25) is 4.98 Å². The number of pyridine rings is 1. The molecule has 3 aromatic rings. The highest BCUT2D eigenvalue weighted by molar-refractivity contribution is 5.91. The van der Waals surface area contributed by atoms with Crippen molar-refractivity contribution in [2.24, 2.45) is 0 Å². The average Bonchev–Trinajstić information content (AvgIpc) is 2.91. The van der Waals surface area contributed by atoms with E-state index in [0.717, 1.165) is 39.2 Å². The van der Waals surface area contributed by atoms with Crippen LogP contribution in [0.25, 0.3) is 11.1 Å². The number of hydrogen-bond donors (Lipinski definition) is 2. The van der Waals surface area contributed by atoms with Gasteiger partial charge in [0.2, 0.25) is 0 Å². The zero-order chi connectivity index (χ0) is 17.4. The monoisotopic (exact) mass is 329 g/mol. The molecule has 124 valence electrons. The maximum Gasteiger partial charge on any atom is 0.319 e. The number of amides is 2. The van der Waals surface area contributed by atoms with Crippen molar-refractivity contribution >= 4 is 11.7 Å². The zero-order valence-electron chi connectivity index (χ0n) is 14.2. The molecule has 0 aliphatic heterocycles. The third-order valence-corrected chi connectivity index (χ3v) is 4.53. The summed E-state index contributed by atoms with van der Waals surface area (Å²) in [6, 6.07) is 17.6. The van der Waals surface area contributed by atoms with E-state index in [2.05, 4.69) is 33.8 Å². The zero-order valence-corrected chi connectivity index (χ0v) is 14.2. The SMILES string of the molecule is Cc1ccc(NC(=O)N[C@H]2c3ccccc3-c3cc(C)ncc32)cc1. The molecule has 4 heteroatoms. The number of aryl methyl sites for hydroxylation is 2. The molecule has 4 rings (SSSR count). The second kappa shape index (κ2) is 6.06. The van der Waals surface area contributed by atoms with Crippen molar-refractivity contribution in [2.75, 3.05) is 5.32 Å². The molecule has 0 unspecified atom stereocenters. The molecule has 25 heavy (non-hydrogen) atoms. The summed E-state index contributed by atoms with van der Waals surface area (Å²) in [4.78, 5) is 16.9. The predicted molar refractivity (Wildman–Crippen MR) is 99.6 cm³/mol. The first kappa shape index (κ1) is 15.4. The second-order valence-corrected chi connectivity index (χ2v) is 6.40. The molecule has 2 N–H and O–H groups in total. The lowest BCUT2D eigenvalue weighted by Gasteiger charge is -2.16. The van der Waals surface area contributed by atoms with Crippen LogP contribution in [0.4, 0.5) is 10.5 Å². The molecule has 2 amide bonds. The Labute approximate surface area is 146 Å². The van der Waals surface area contributed by atoms with Crippen LogP contribution in [0.2, 0.25) is 0 Å². The topological polar surface area (TPSA) is 54.0 Å². The van der Waals surface area contributed by atoms with Crippen LogP contribution in [-0.4, -0.2) is 11.0 Å². The molecule has 0 radical (unpaired) electrons. The molecule has 1 heterocycles. The molecule has 1 atom stereocenters. The molecular weight excluding hydrogens is 310 g/mol. The minimum atomic E-state index is -0.225. The number of carbonyl (C=O) groups excluding carboxylic acids is 1. The van der Waals surface area contributed by atoms with Gasteiger partial charge in [0.25, 0.3) is 0 Å². The van der Waals surface area contributed by atoms with Gasteiger partial charge in [0.1, 0.15) is 0 Å². The highest BCUT2D eigenvalue weighted by Crippen LogP contribution is 2.43. The van der Waals surface area contributed by atoms with Crippen molar-refractivity contribution in [2.45, 2.75) is 19.9 Å². The molecule has 2 aromatic carbocycles.